The van der Waals surface area contributed by atoms with E-state index in [1.165, 1.54) is 12.1 Å². The van der Waals surface area contributed by atoms with E-state index >= 15 is 0 Å². The molecule has 156 valence electrons. The molecule has 5 rings (SSSR count). The van der Waals surface area contributed by atoms with Gasteiger partial charge in [-0.15, -0.1) is 0 Å². The van der Waals surface area contributed by atoms with E-state index in [1.54, 1.807) is 42.9 Å². The van der Waals surface area contributed by atoms with Gasteiger partial charge >= 0.3 is 0 Å². The molecular weight excluding hydrogens is 387 g/mol. The monoisotopic (exact) mass is 410 g/mol. The van der Waals surface area contributed by atoms with Gasteiger partial charge in [0, 0.05) is 31.0 Å². The average Bonchev–Trinajstić information content (AvgIpc) is 3.12. The highest BCUT2D eigenvalue weighted by molar-refractivity contribution is 5.61. The number of aliphatic hydroxyl groups is 1. The first kappa shape index (κ1) is 19.0. The molecule has 0 unspecified atom stereocenters. The van der Waals surface area contributed by atoms with Crippen molar-refractivity contribution in [1.29, 1.82) is 0 Å². The molecule has 9 heteroatoms. The molecule has 1 spiro atoms. The van der Waals surface area contributed by atoms with Crippen molar-refractivity contribution in [1.82, 2.24) is 19.7 Å². The molecule has 0 bridgehead atoms. The number of benzene rings is 1. The summed E-state index contributed by atoms with van der Waals surface area (Å²) in [6, 6.07) is 9.71. The van der Waals surface area contributed by atoms with Crippen LogP contribution >= 0.6 is 0 Å². The van der Waals surface area contributed by atoms with Crippen LogP contribution in [0.4, 0.5) is 21.7 Å². The van der Waals surface area contributed by atoms with Gasteiger partial charge in [0.25, 0.3) is 5.95 Å². The van der Waals surface area contributed by atoms with Crippen molar-refractivity contribution in [3.05, 3.63) is 54.1 Å². The lowest BCUT2D eigenvalue weighted by molar-refractivity contribution is -0.127. The van der Waals surface area contributed by atoms with Crippen molar-refractivity contribution in [3.63, 3.8) is 0 Å². The molecule has 0 radical (unpaired) electrons. The molecule has 4 heterocycles. The number of ether oxygens (including phenoxy) is 1. The number of aromatic nitrogens is 4. The Kier molecular flexibility index (Phi) is 4.26. The summed E-state index contributed by atoms with van der Waals surface area (Å²) in [7, 11) is 0. The van der Waals surface area contributed by atoms with Gasteiger partial charge in [0.15, 0.2) is 0 Å². The van der Waals surface area contributed by atoms with Crippen molar-refractivity contribution in [3.8, 4) is 5.95 Å². The Morgan fingerprint density at radius 2 is 1.87 bits per heavy atom. The number of halogens is 1. The van der Waals surface area contributed by atoms with Crippen LogP contribution in [-0.2, 0) is 10.3 Å². The van der Waals surface area contributed by atoms with Crippen LogP contribution in [0.15, 0.2) is 42.6 Å². The maximum Gasteiger partial charge on any atom is 0.254 e. The van der Waals surface area contributed by atoms with Gasteiger partial charge in [0.05, 0.1) is 24.3 Å². The molecule has 8 nitrogen and oxygen atoms in total. The normalized spacial score (nSPS) is 17.5. The lowest BCUT2D eigenvalue weighted by Gasteiger charge is -2.55. The minimum atomic E-state index is -1.06. The van der Waals surface area contributed by atoms with Crippen molar-refractivity contribution < 1.29 is 14.2 Å². The summed E-state index contributed by atoms with van der Waals surface area (Å²) in [4.78, 5) is 11.5. The highest BCUT2D eigenvalue weighted by atomic mass is 19.1. The fourth-order valence-corrected chi connectivity index (χ4v) is 3.69. The van der Waals surface area contributed by atoms with Gasteiger partial charge in [0.2, 0.25) is 0 Å². The molecule has 0 aliphatic carbocycles. The van der Waals surface area contributed by atoms with E-state index in [2.05, 4.69) is 20.3 Å². The third kappa shape index (κ3) is 3.50. The number of nitrogens with zero attached hydrogens (tertiary/aromatic N) is 5. The quantitative estimate of drug-likeness (QED) is 0.668. The van der Waals surface area contributed by atoms with E-state index in [4.69, 9.17) is 9.72 Å². The van der Waals surface area contributed by atoms with Crippen LogP contribution in [0.3, 0.4) is 0 Å². The zero-order valence-electron chi connectivity index (χ0n) is 16.8. The van der Waals surface area contributed by atoms with Crippen LogP contribution in [0.2, 0.25) is 0 Å². The third-order valence-electron chi connectivity index (χ3n) is 5.43. The fourth-order valence-electron chi connectivity index (χ4n) is 3.69. The summed E-state index contributed by atoms with van der Waals surface area (Å²) in [5, 5.41) is 17.9. The van der Waals surface area contributed by atoms with Crippen molar-refractivity contribution in [2.45, 2.75) is 19.4 Å². The zero-order chi connectivity index (χ0) is 20.9. The largest absolute Gasteiger partial charge is 0.384 e. The van der Waals surface area contributed by atoms with Crippen LogP contribution < -0.4 is 10.2 Å². The molecule has 1 aromatic carbocycles. The van der Waals surface area contributed by atoms with E-state index in [0.717, 1.165) is 37.8 Å². The van der Waals surface area contributed by atoms with Crippen molar-refractivity contribution in [2.75, 3.05) is 36.5 Å². The standard InChI is InChI=1S/C21H23FN6O2/c1-20(2,29)16-7-8-28(26-16)19-24-17(23-15-5-3-14(22)4-6-15)9-18(25-19)27-10-21(11-27)12-30-13-21/h3-9,29H,10-13H2,1-2H3,(H,23,24,25). The number of hydrogen-bond donors (Lipinski definition) is 2. The van der Waals surface area contributed by atoms with E-state index in [1.807, 2.05) is 6.07 Å². The smallest absolute Gasteiger partial charge is 0.254 e. The first-order chi connectivity index (χ1) is 14.3. The lowest BCUT2D eigenvalue weighted by atomic mass is 9.78. The number of hydrogen-bond acceptors (Lipinski definition) is 7. The van der Waals surface area contributed by atoms with Crippen LogP contribution in [0.1, 0.15) is 19.5 Å². The molecule has 2 aliphatic heterocycles. The second-order valence-electron chi connectivity index (χ2n) is 8.60. The highest BCUT2D eigenvalue weighted by Gasteiger charge is 2.49. The van der Waals surface area contributed by atoms with E-state index < -0.39 is 5.60 Å². The van der Waals surface area contributed by atoms with Gasteiger partial charge in [-0.05, 0) is 44.2 Å². The zero-order valence-corrected chi connectivity index (χ0v) is 16.8. The van der Waals surface area contributed by atoms with Crippen LogP contribution in [0.25, 0.3) is 5.95 Å². The molecule has 2 N–H and O–H groups in total. The van der Waals surface area contributed by atoms with E-state index in [0.29, 0.717) is 17.5 Å². The van der Waals surface area contributed by atoms with Crippen LogP contribution in [0.5, 0.6) is 0 Å². The second kappa shape index (κ2) is 6.75. The molecule has 3 aromatic rings. The first-order valence-electron chi connectivity index (χ1n) is 9.83. The molecule has 0 atom stereocenters. The maximum atomic E-state index is 13.2. The van der Waals surface area contributed by atoms with E-state index in [9.17, 15) is 9.50 Å². The predicted molar refractivity (Wildman–Crippen MR) is 110 cm³/mol. The van der Waals surface area contributed by atoms with Crippen molar-refractivity contribution >= 4 is 17.3 Å². The highest BCUT2D eigenvalue weighted by Crippen LogP contribution is 2.40. The number of rotatable bonds is 5. The van der Waals surface area contributed by atoms with Gasteiger partial charge in [0.1, 0.15) is 23.1 Å². The Hall–Kier alpha value is -3.04. The molecule has 30 heavy (non-hydrogen) atoms. The van der Waals surface area contributed by atoms with Gasteiger partial charge < -0.3 is 20.1 Å². The fraction of sp³-hybridized carbons (Fsp3) is 0.381. The lowest BCUT2D eigenvalue weighted by Crippen LogP contribution is -2.66. The Bertz CT molecular complexity index is 1060. The molecular formula is C21H23FN6O2. The van der Waals surface area contributed by atoms with Gasteiger partial charge in [-0.2, -0.15) is 15.1 Å². The Labute approximate surface area is 173 Å². The van der Waals surface area contributed by atoms with Crippen molar-refractivity contribution in [2.24, 2.45) is 5.41 Å². The van der Waals surface area contributed by atoms with Crippen LogP contribution in [-0.4, -0.2) is 51.2 Å². The van der Waals surface area contributed by atoms with Gasteiger partial charge in [-0.25, -0.2) is 9.07 Å². The Morgan fingerprint density at radius 3 is 2.47 bits per heavy atom. The SMILES string of the molecule is CC(C)(O)c1ccn(-c2nc(Nc3ccc(F)cc3)cc(N3CC4(COC4)C3)n2)n1. The summed E-state index contributed by atoms with van der Waals surface area (Å²) < 4.78 is 20.2. The predicted octanol–water partition coefficient (Wildman–Crippen LogP) is 2.61. The van der Waals surface area contributed by atoms with Gasteiger partial charge in [-0.3, -0.25) is 0 Å². The number of anilines is 3. The maximum absolute atomic E-state index is 13.2. The van der Waals surface area contributed by atoms with Gasteiger partial charge in [-0.1, -0.05) is 0 Å². The molecule has 0 amide bonds. The summed E-state index contributed by atoms with van der Waals surface area (Å²) >= 11 is 0. The van der Waals surface area contributed by atoms with E-state index in [-0.39, 0.29) is 11.2 Å². The topological polar surface area (TPSA) is 88.3 Å². The number of nitrogens with one attached hydrogen (secondary N) is 1. The molecule has 0 saturated carbocycles. The Balaban J connectivity index is 1.48. The van der Waals surface area contributed by atoms with Crippen LogP contribution in [0, 0.1) is 11.2 Å². The molecule has 2 fully saturated rings. The molecule has 2 saturated heterocycles. The third-order valence-corrected chi connectivity index (χ3v) is 5.43. The minimum Gasteiger partial charge on any atom is -0.384 e. The summed E-state index contributed by atoms with van der Waals surface area (Å²) in [6.45, 7) is 6.70. The minimum absolute atomic E-state index is 0.245. The summed E-state index contributed by atoms with van der Waals surface area (Å²) in [5.74, 6) is 1.45. The molecule has 2 aliphatic rings. The summed E-state index contributed by atoms with van der Waals surface area (Å²) in [6.07, 6.45) is 1.73. The average molecular weight is 410 g/mol. The summed E-state index contributed by atoms with van der Waals surface area (Å²) in [5.41, 5.74) is 0.429. The molecule has 2 aromatic heterocycles. The second-order valence-corrected chi connectivity index (χ2v) is 8.60. The first-order valence-corrected chi connectivity index (χ1v) is 9.83. The Morgan fingerprint density at radius 1 is 1.13 bits per heavy atom.